The van der Waals surface area contributed by atoms with E-state index < -0.39 is 0 Å². The molecule has 0 saturated carbocycles. The minimum Gasteiger partial charge on any atom is -0.489 e. The Kier molecular flexibility index (Phi) is 4.44. The maximum absolute atomic E-state index is 5.90. The van der Waals surface area contributed by atoms with E-state index in [4.69, 9.17) is 10.5 Å². The van der Waals surface area contributed by atoms with E-state index in [1.165, 1.54) is 44.2 Å². The minimum atomic E-state index is 0.558. The summed E-state index contributed by atoms with van der Waals surface area (Å²) in [5, 5.41) is 0. The Balaban J connectivity index is 1.39. The van der Waals surface area contributed by atoms with Gasteiger partial charge in [-0.25, -0.2) is 0 Å². The number of piperidine rings is 1. The number of nitrogen functional groups attached to an aromatic ring is 1. The van der Waals surface area contributed by atoms with Gasteiger partial charge >= 0.3 is 0 Å². The number of ether oxygens (including phenoxy) is 1. The second-order valence-corrected chi connectivity index (χ2v) is 7.08. The van der Waals surface area contributed by atoms with Crippen LogP contribution in [0.4, 0.5) is 5.69 Å². The van der Waals surface area contributed by atoms with Crippen molar-refractivity contribution in [1.29, 1.82) is 0 Å². The second-order valence-electron chi connectivity index (χ2n) is 7.08. The highest BCUT2D eigenvalue weighted by atomic mass is 16.5. The second kappa shape index (κ2) is 6.86. The lowest BCUT2D eigenvalue weighted by molar-refractivity contribution is 0.150. The van der Waals surface area contributed by atoms with Crippen molar-refractivity contribution in [3.63, 3.8) is 0 Å². The monoisotopic (exact) mass is 322 g/mol. The average Bonchev–Trinajstić information content (AvgIpc) is 3.05. The van der Waals surface area contributed by atoms with E-state index in [0.717, 1.165) is 23.0 Å². The van der Waals surface area contributed by atoms with Gasteiger partial charge in [-0.2, -0.15) is 0 Å². The zero-order valence-corrected chi connectivity index (χ0v) is 14.2. The van der Waals surface area contributed by atoms with Gasteiger partial charge in [-0.3, -0.25) is 4.90 Å². The van der Waals surface area contributed by atoms with Gasteiger partial charge in [-0.15, -0.1) is 0 Å². The first-order chi connectivity index (χ1) is 11.8. The Bertz CT molecular complexity index is 682. The zero-order chi connectivity index (χ0) is 16.4. The van der Waals surface area contributed by atoms with E-state index in [1.54, 1.807) is 0 Å². The molecule has 2 saturated heterocycles. The lowest BCUT2D eigenvalue weighted by atomic mass is 10.0. The standard InChI is InChI=1S/C21H26N2O/c22-18-5-3-4-16(14-18)15-24-20-10-7-17(8-11-20)21-12-9-19-6-1-2-13-23(19)21/h3-5,7-8,10-11,14,19,21H,1-2,6,9,12-13,15,22H2/t19-,21-/m1/s1. The van der Waals surface area contributed by atoms with Gasteiger partial charge in [0.25, 0.3) is 0 Å². The molecule has 0 bridgehead atoms. The van der Waals surface area contributed by atoms with E-state index in [2.05, 4.69) is 29.2 Å². The first kappa shape index (κ1) is 15.5. The van der Waals surface area contributed by atoms with Gasteiger partial charge in [0.1, 0.15) is 12.4 Å². The number of nitrogens with zero attached hydrogens (tertiary/aromatic N) is 1. The molecule has 4 rings (SSSR count). The van der Waals surface area contributed by atoms with E-state index in [1.807, 2.05) is 24.3 Å². The van der Waals surface area contributed by atoms with Crippen molar-refractivity contribution in [3.05, 3.63) is 59.7 Å². The van der Waals surface area contributed by atoms with Crippen molar-refractivity contribution in [2.45, 2.75) is 50.8 Å². The highest BCUT2D eigenvalue weighted by Gasteiger charge is 2.35. The van der Waals surface area contributed by atoms with Crippen molar-refractivity contribution in [2.75, 3.05) is 12.3 Å². The third-order valence-corrected chi connectivity index (χ3v) is 5.47. The zero-order valence-electron chi connectivity index (χ0n) is 14.2. The molecule has 2 heterocycles. The van der Waals surface area contributed by atoms with Crippen molar-refractivity contribution < 1.29 is 4.74 Å². The van der Waals surface area contributed by atoms with Crippen LogP contribution in [0.25, 0.3) is 0 Å². The summed E-state index contributed by atoms with van der Waals surface area (Å²) in [5.74, 6) is 0.925. The molecule has 126 valence electrons. The Labute approximate surface area is 144 Å². The molecule has 2 aromatic carbocycles. The molecule has 3 heteroatoms. The molecule has 2 aliphatic rings. The normalized spacial score (nSPS) is 23.8. The number of rotatable bonds is 4. The van der Waals surface area contributed by atoms with Crippen LogP contribution in [0.15, 0.2) is 48.5 Å². The predicted molar refractivity (Wildman–Crippen MR) is 97.9 cm³/mol. The molecule has 0 radical (unpaired) electrons. The van der Waals surface area contributed by atoms with Gasteiger partial charge in [-0.05, 0) is 67.6 Å². The van der Waals surface area contributed by atoms with Gasteiger partial charge in [0.2, 0.25) is 0 Å². The van der Waals surface area contributed by atoms with Crippen LogP contribution in [0.1, 0.15) is 49.3 Å². The predicted octanol–water partition coefficient (Wildman–Crippen LogP) is 4.54. The van der Waals surface area contributed by atoms with Gasteiger partial charge in [0, 0.05) is 17.8 Å². The van der Waals surface area contributed by atoms with E-state index in [0.29, 0.717) is 12.6 Å². The van der Waals surface area contributed by atoms with Crippen LogP contribution in [-0.4, -0.2) is 17.5 Å². The molecule has 2 atom stereocenters. The van der Waals surface area contributed by atoms with Crippen molar-refractivity contribution >= 4 is 5.69 Å². The summed E-state index contributed by atoms with van der Waals surface area (Å²) in [4.78, 5) is 2.73. The summed E-state index contributed by atoms with van der Waals surface area (Å²) in [7, 11) is 0. The van der Waals surface area contributed by atoms with Gasteiger partial charge in [0.05, 0.1) is 0 Å². The number of nitrogens with two attached hydrogens (primary N) is 1. The summed E-state index contributed by atoms with van der Waals surface area (Å²) in [6.07, 6.45) is 6.81. The smallest absolute Gasteiger partial charge is 0.119 e. The minimum absolute atomic E-state index is 0.558. The maximum atomic E-state index is 5.90. The molecule has 2 fully saturated rings. The highest BCUT2D eigenvalue weighted by molar-refractivity contribution is 5.40. The van der Waals surface area contributed by atoms with Crippen LogP contribution in [0.2, 0.25) is 0 Å². The lowest BCUT2D eigenvalue weighted by Gasteiger charge is -2.34. The lowest BCUT2D eigenvalue weighted by Crippen LogP contribution is -2.35. The SMILES string of the molecule is Nc1cccc(COc2ccc([C@H]3CC[C@H]4CCCCN43)cc2)c1. The Hall–Kier alpha value is -2.00. The van der Waals surface area contributed by atoms with Crippen LogP contribution in [-0.2, 0) is 6.61 Å². The third kappa shape index (κ3) is 3.27. The highest BCUT2D eigenvalue weighted by Crippen LogP contribution is 2.40. The molecule has 0 aromatic heterocycles. The molecule has 2 aromatic rings. The van der Waals surface area contributed by atoms with Crippen LogP contribution < -0.4 is 10.5 Å². The summed E-state index contributed by atoms with van der Waals surface area (Å²) in [5.41, 5.74) is 9.14. The fourth-order valence-electron chi connectivity index (χ4n) is 4.25. The molecule has 0 unspecified atom stereocenters. The van der Waals surface area contributed by atoms with Gasteiger partial charge in [0.15, 0.2) is 0 Å². The van der Waals surface area contributed by atoms with Crippen molar-refractivity contribution in [2.24, 2.45) is 0 Å². The Morgan fingerprint density at radius 3 is 2.71 bits per heavy atom. The first-order valence-corrected chi connectivity index (χ1v) is 9.12. The quantitative estimate of drug-likeness (QED) is 0.840. The van der Waals surface area contributed by atoms with Crippen LogP contribution in [0, 0.1) is 0 Å². The molecule has 3 nitrogen and oxygen atoms in total. The number of hydrogen-bond donors (Lipinski definition) is 1. The van der Waals surface area contributed by atoms with Gasteiger partial charge in [-0.1, -0.05) is 30.7 Å². The van der Waals surface area contributed by atoms with Crippen LogP contribution in [0.5, 0.6) is 5.75 Å². The largest absolute Gasteiger partial charge is 0.489 e. The molecule has 2 N–H and O–H groups in total. The number of anilines is 1. The summed E-state index contributed by atoms with van der Waals surface area (Å²) < 4.78 is 5.90. The molecule has 24 heavy (non-hydrogen) atoms. The molecular weight excluding hydrogens is 296 g/mol. The number of hydrogen-bond acceptors (Lipinski definition) is 3. The average molecular weight is 322 g/mol. The maximum Gasteiger partial charge on any atom is 0.119 e. The molecule has 0 amide bonds. The van der Waals surface area contributed by atoms with Crippen molar-refractivity contribution in [3.8, 4) is 5.75 Å². The van der Waals surface area contributed by atoms with E-state index in [-0.39, 0.29) is 0 Å². The summed E-state index contributed by atoms with van der Waals surface area (Å²) >= 11 is 0. The molecule has 2 aliphatic heterocycles. The van der Waals surface area contributed by atoms with E-state index >= 15 is 0 Å². The third-order valence-electron chi connectivity index (χ3n) is 5.47. The molecule has 0 aliphatic carbocycles. The fourth-order valence-corrected chi connectivity index (χ4v) is 4.25. The van der Waals surface area contributed by atoms with Crippen LogP contribution >= 0.6 is 0 Å². The van der Waals surface area contributed by atoms with Gasteiger partial charge < -0.3 is 10.5 Å². The Morgan fingerprint density at radius 2 is 1.88 bits per heavy atom. The summed E-state index contributed by atoms with van der Waals surface area (Å²) in [6.45, 7) is 1.82. The Morgan fingerprint density at radius 1 is 1.00 bits per heavy atom. The molecule has 0 spiro atoms. The first-order valence-electron chi connectivity index (χ1n) is 9.12. The number of benzene rings is 2. The number of fused-ring (bicyclic) bond motifs is 1. The van der Waals surface area contributed by atoms with Crippen LogP contribution in [0.3, 0.4) is 0 Å². The van der Waals surface area contributed by atoms with E-state index in [9.17, 15) is 0 Å². The molecular formula is C21H26N2O. The topological polar surface area (TPSA) is 38.5 Å². The fraction of sp³-hybridized carbons (Fsp3) is 0.429. The van der Waals surface area contributed by atoms with Crippen molar-refractivity contribution in [1.82, 2.24) is 4.90 Å². The summed E-state index contributed by atoms with van der Waals surface area (Å²) in [6, 6.07) is 18.0.